The SMILES string of the molecule is COC(=O)CC[C@H](CC=O)O[Si](C)(C)C(C)(C)C. The van der Waals surface area contributed by atoms with Crippen molar-refractivity contribution < 1.29 is 18.8 Å². The van der Waals surface area contributed by atoms with Gasteiger partial charge in [0.05, 0.1) is 13.2 Å². The van der Waals surface area contributed by atoms with E-state index < -0.39 is 8.32 Å². The minimum atomic E-state index is -1.90. The molecule has 0 bridgehead atoms. The second-order valence-electron chi connectivity index (χ2n) is 6.02. The highest BCUT2D eigenvalue weighted by Gasteiger charge is 2.39. The zero-order valence-corrected chi connectivity index (χ0v) is 13.4. The van der Waals surface area contributed by atoms with Crippen molar-refractivity contribution in [1.29, 1.82) is 0 Å². The average molecular weight is 274 g/mol. The maximum Gasteiger partial charge on any atom is 0.305 e. The Balaban J connectivity index is 4.52. The van der Waals surface area contributed by atoms with Gasteiger partial charge in [0, 0.05) is 12.8 Å². The summed E-state index contributed by atoms with van der Waals surface area (Å²) < 4.78 is 10.7. The predicted octanol–water partition coefficient (Wildman–Crippen LogP) is 2.92. The predicted molar refractivity (Wildman–Crippen MR) is 74.0 cm³/mol. The molecule has 0 heterocycles. The molecular weight excluding hydrogens is 248 g/mol. The first kappa shape index (κ1) is 17.3. The lowest BCUT2D eigenvalue weighted by molar-refractivity contribution is -0.141. The minimum absolute atomic E-state index is 0.0966. The topological polar surface area (TPSA) is 52.6 Å². The molecule has 0 aromatic carbocycles. The van der Waals surface area contributed by atoms with Crippen molar-refractivity contribution in [3.8, 4) is 0 Å². The van der Waals surface area contributed by atoms with E-state index in [0.717, 1.165) is 6.29 Å². The van der Waals surface area contributed by atoms with Crippen LogP contribution in [0.3, 0.4) is 0 Å². The van der Waals surface area contributed by atoms with E-state index in [0.29, 0.717) is 19.3 Å². The first-order valence-corrected chi connectivity index (χ1v) is 9.23. The van der Waals surface area contributed by atoms with Crippen molar-refractivity contribution >= 4 is 20.6 Å². The van der Waals surface area contributed by atoms with Gasteiger partial charge in [0.2, 0.25) is 0 Å². The van der Waals surface area contributed by atoms with Crippen molar-refractivity contribution in [1.82, 2.24) is 0 Å². The van der Waals surface area contributed by atoms with E-state index in [1.165, 1.54) is 7.11 Å². The summed E-state index contributed by atoms with van der Waals surface area (Å²) in [6.45, 7) is 10.7. The van der Waals surface area contributed by atoms with Crippen LogP contribution in [0.25, 0.3) is 0 Å². The fourth-order valence-electron chi connectivity index (χ4n) is 1.31. The summed E-state index contributed by atoms with van der Waals surface area (Å²) in [5.74, 6) is -0.260. The molecule has 0 aliphatic heterocycles. The van der Waals surface area contributed by atoms with Crippen LogP contribution in [0.5, 0.6) is 0 Å². The molecule has 1 atom stereocenters. The Bertz CT molecular complexity index is 281. The average Bonchev–Trinajstić information content (AvgIpc) is 2.23. The lowest BCUT2D eigenvalue weighted by Gasteiger charge is -2.39. The summed E-state index contributed by atoms with van der Waals surface area (Å²) in [5, 5.41) is 0.0966. The number of methoxy groups -OCH3 is 1. The summed E-state index contributed by atoms with van der Waals surface area (Å²) in [5.41, 5.74) is 0. The number of hydrogen-bond acceptors (Lipinski definition) is 4. The van der Waals surface area contributed by atoms with Gasteiger partial charge in [-0.3, -0.25) is 4.79 Å². The largest absolute Gasteiger partial charge is 0.469 e. The summed E-state index contributed by atoms with van der Waals surface area (Å²) in [6.07, 6.45) is 1.85. The van der Waals surface area contributed by atoms with Crippen molar-refractivity contribution in [3.63, 3.8) is 0 Å². The Hall–Kier alpha value is -0.683. The van der Waals surface area contributed by atoms with Crippen LogP contribution in [0, 0.1) is 0 Å². The van der Waals surface area contributed by atoms with Crippen LogP contribution in [0.2, 0.25) is 18.1 Å². The highest BCUT2D eigenvalue weighted by Crippen LogP contribution is 2.38. The molecule has 0 radical (unpaired) electrons. The summed E-state index contributed by atoms with van der Waals surface area (Å²) in [7, 11) is -0.532. The van der Waals surface area contributed by atoms with Gasteiger partial charge in [-0.25, -0.2) is 0 Å². The summed E-state index contributed by atoms with van der Waals surface area (Å²) in [4.78, 5) is 21.8. The van der Waals surface area contributed by atoms with Crippen molar-refractivity contribution in [2.45, 2.75) is 64.3 Å². The Morgan fingerprint density at radius 2 is 1.89 bits per heavy atom. The molecule has 0 saturated heterocycles. The summed E-state index contributed by atoms with van der Waals surface area (Å²) >= 11 is 0. The number of aldehydes is 1. The number of hydrogen-bond donors (Lipinski definition) is 0. The molecule has 0 unspecified atom stereocenters. The highest BCUT2D eigenvalue weighted by atomic mass is 28.4. The molecular formula is C13H26O4Si. The lowest BCUT2D eigenvalue weighted by Crippen LogP contribution is -2.44. The molecule has 0 spiro atoms. The number of carbonyl (C=O) groups excluding carboxylic acids is 2. The van der Waals surface area contributed by atoms with E-state index in [1.54, 1.807) is 0 Å². The Labute approximate surface area is 111 Å². The van der Waals surface area contributed by atoms with Crippen LogP contribution in [0.15, 0.2) is 0 Å². The fraction of sp³-hybridized carbons (Fsp3) is 0.846. The van der Waals surface area contributed by atoms with Gasteiger partial charge < -0.3 is 14.0 Å². The second-order valence-corrected chi connectivity index (χ2v) is 10.8. The number of carbonyl (C=O) groups is 2. The molecule has 0 amide bonds. The van der Waals surface area contributed by atoms with Crippen molar-refractivity contribution in [3.05, 3.63) is 0 Å². The standard InChI is InChI=1S/C13H26O4Si/c1-13(2,3)18(5,6)17-11(9-10-14)7-8-12(15)16-4/h10-11H,7-9H2,1-6H3/t11-/m1/s1. The quantitative estimate of drug-likeness (QED) is 0.407. The molecule has 106 valence electrons. The second kappa shape index (κ2) is 7.04. The van der Waals surface area contributed by atoms with E-state index in [1.807, 2.05) is 0 Å². The highest BCUT2D eigenvalue weighted by molar-refractivity contribution is 6.74. The molecule has 0 aromatic heterocycles. The van der Waals surface area contributed by atoms with Crippen molar-refractivity contribution in [2.75, 3.05) is 7.11 Å². The van der Waals surface area contributed by atoms with Gasteiger partial charge >= 0.3 is 5.97 Å². The molecule has 0 aromatic rings. The third-order valence-electron chi connectivity index (χ3n) is 3.52. The first-order valence-electron chi connectivity index (χ1n) is 6.32. The van der Waals surface area contributed by atoms with Gasteiger partial charge in [0.1, 0.15) is 6.29 Å². The zero-order chi connectivity index (χ0) is 14.4. The third kappa shape index (κ3) is 5.77. The van der Waals surface area contributed by atoms with Gasteiger partial charge in [0.25, 0.3) is 0 Å². The van der Waals surface area contributed by atoms with Crippen LogP contribution in [-0.4, -0.2) is 33.8 Å². The van der Waals surface area contributed by atoms with Crippen LogP contribution in [-0.2, 0) is 18.8 Å². The Kier molecular flexibility index (Phi) is 6.77. The monoisotopic (exact) mass is 274 g/mol. The number of rotatable bonds is 7. The first-order chi connectivity index (χ1) is 8.14. The molecule has 18 heavy (non-hydrogen) atoms. The smallest absolute Gasteiger partial charge is 0.305 e. The fourth-order valence-corrected chi connectivity index (χ4v) is 2.71. The maximum atomic E-state index is 11.1. The van der Waals surface area contributed by atoms with Crippen LogP contribution in [0.4, 0.5) is 0 Å². The van der Waals surface area contributed by atoms with Crippen LogP contribution >= 0.6 is 0 Å². The van der Waals surface area contributed by atoms with Gasteiger partial charge in [-0.15, -0.1) is 0 Å². The van der Waals surface area contributed by atoms with Crippen LogP contribution in [0.1, 0.15) is 40.0 Å². The zero-order valence-electron chi connectivity index (χ0n) is 12.4. The summed E-state index contributed by atoms with van der Waals surface area (Å²) in [6, 6.07) is 0. The van der Waals surface area contributed by atoms with Gasteiger partial charge in [-0.05, 0) is 24.6 Å². The Morgan fingerprint density at radius 1 is 1.33 bits per heavy atom. The van der Waals surface area contributed by atoms with E-state index in [2.05, 4.69) is 38.6 Å². The van der Waals surface area contributed by atoms with Crippen molar-refractivity contribution in [2.24, 2.45) is 0 Å². The molecule has 0 saturated carbocycles. The number of ether oxygens (including phenoxy) is 1. The van der Waals surface area contributed by atoms with Gasteiger partial charge in [-0.1, -0.05) is 20.8 Å². The molecule has 0 rings (SSSR count). The van der Waals surface area contributed by atoms with E-state index >= 15 is 0 Å². The van der Waals surface area contributed by atoms with Crippen LogP contribution < -0.4 is 0 Å². The maximum absolute atomic E-state index is 11.1. The molecule has 0 aliphatic carbocycles. The molecule has 0 fully saturated rings. The molecule has 4 nitrogen and oxygen atoms in total. The molecule has 0 N–H and O–H groups in total. The molecule has 0 aliphatic rings. The number of esters is 1. The third-order valence-corrected chi connectivity index (χ3v) is 8.06. The van der Waals surface area contributed by atoms with E-state index in [-0.39, 0.29) is 17.1 Å². The normalized spacial score (nSPS) is 14.1. The van der Waals surface area contributed by atoms with Gasteiger partial charge in [-0.2, -0.15) is 0 Å². The molecule has 5 heteroatoms. The van der Waals surface area contributed by atoms with Gasteiger partial charge in [0.15, 0.2) is 8.32 Å². The minimum Gasteiger partial charge on any atom is -0.469 e. The van der Waals surface area contributed by atoms with E-state index in [9.17, 15) is 9.59 Å². The lowest BCUT2D eigenvalue weighted by atomic mass is 10.1. The Morgan fingerprint density at radius 3 is 2.28 bits per heavy atom. The van der Waals surface area contributed by atoms with E-state index in [4.69, 9.17) is 4.43 Å².